The molecule has 0 aliphatic heterocycles. The zero-order chi connectivity index (χ0) is 10.2. The molecule has 0 aliphatic carbocycles. The molecule has 0 unspecified atom stereocenters. The summed E-state index contributed by atoms with van der Waals surface area (Å²) in [5.74, 6) is 0.906. The van der Waals surface area contributed by atoms with Crippen molar-refractivity contribution in [3.8, 4) is 0 Å². The van der Waals surface area contributed by atoms with Gasteiger partial charge in [0.25, 0.3) is 0 Å². The molecule has 0 aromatic heterocycles. The molecular weight excluding hydrogens is 210 g/mol. The van der Waals surface area contributed by atoms with Gasteiger partial charge in [-0.3, -0.25) is 0 Å². The van der Waals surface area contributed by atoms with Crippen molar-refractivity contribution < 1.29 is 8.42 Å². The van der Waals surface area contributed by atoms with E-state index in [0.717, 1.165) is 25.7 Å². The van der Waals surface area contributed by atoms with E-state index in [-0.39, 0.29) is 5.75 Å². The Morgan fingerprint density at radius 2 is 1.77 bits per heavy atom. The van der Waals surface area contributed by atoms with E-state index in [1.165, 1.54) is 0 Å². The number of hydrogen-bond donors (Lipinski definition) is 1. The lowest BCUT2D eigenvalue weighted by atomic mass is 10.2. The number of unbranched alkanes of at least 4 members (excludes halogenated alkanes) is 3. The SMILES string of the molecule is CCNS(=O)(=O)CCCCCCCl. The Bertz CT molecular complexity index is 204. The third kappa shape index (κ3) is 8.53. The van der Waals surface area contributed by atoms with E-state index in [2.05, 4.69) is 4.72 Å². The van der Waals surface area contributed by atoms with Crippen molar-refractivity contribution in [2.45, 2.75) is 32.6 Å². The highest BCUT2D eigenvalue weighted by molar-refractivity contribution is 7.89. The van der Waals surface area contributed by atoms with Crippen molar-refractivity contribution in [3.63, 3.8) is 0 Å². The molecule has 1 N–H and O–H groups in total. The van der Waals surface area contributed by atoms with Gasteiger partial charge in [-0.1, -0.05) is 19.8 Å². The van der Waals surface area contributed by atoms with Crippen LogP contribution in [0.5, 0.6) is 0 Å². The molecule has 0 saturated carbocycles. The molecule has 13 heavy (non-hydrogen) atoms. The maximum absolute atomic E-state index is 11.1. The van der Waals surface area contributed by atoms with Crippen LogP contribution >= 0.6 is 11.6 Å². The van der Waals surface area contributed by atoms with Gasteiger partial charge in [-0.05, 0) is 12.8 Å². The summed E-state index contributed by atoms with van der Waals surface area (Å²) in [5, 5.41) is 0. The minimum absolute atomic E-state index is 0.239. The lowest BCUT2D eigenvalue weighted by Gasteiger charge is -2.03. The third-order valence-corrected chi connectivity index (χ3v) is 3.48. The molecular formula is C8H18ClNO2S. The number of alkyl halides is 1. The normalized spacial score (nSPS) is 11.8. The van der Waals surface area contributed by atoms with Gasteiger partial charge in [-0.15, -0.1) is 11.6 Å². The number of sulfonamides is 1. The van der Waals surface area contributed by atoms with Crippen molar-refractivity contribution in [3.05, 3.63) is 0 Å². The maximum atomic E-state index is 11.1. The van der Waals surface area contributed by atoms with Gasteiger partial charge < -0.3 is 0 Å². The van der Waals surface area contributed by atoms with E-state index in [4.69, 9.17) is 11.6 Å². The molecule has 3 nitrogen and oxygen atoms in total. The van der Waals surface area contributed by atoms with Gasteiger partial charge in [0.2, 0.25) is 10.0 Å². The minimum Gasteiger partial charge on any atom is -0.216 e. The van der Waals surface area contributed by atoms with Crippen LogP contribution < -0.4 is 4.72 Å². The quantitative estimate of drug-likeness (QED) is 0.507. The van der Waals surface area contributed by atoms with Crippen molar-refractivity contribution >= 4 is 21.6 Å². The topological polar surface area (TPSA) is 46.2 Å². The molecule has 0 bridgehead atoms. The average molecular weight is 228 g/mol. The minimum atomic E-state index is -3.00. The van der Waals surface area contributed by atoms with Crippen LogP contribution in [0.1, 0.15) is 32.6 Å². The molecule has 80 valence electrons. The molecule has 0 rings (SSSR count). The molecule has 0 radical (unpaired) electrons. The molecule has 0 spiro atoms. The number of nitrogens with one attached hydrogen (secondary N) is 1. The second kappa shape index (κ2) is 7.59. The summed E-state index contributed by atoms with van der Waals surface area (Å²) in [6.45, 7) is 2.26. The van der Waals surface area contributed by atoms with Crippen LogP contribution in [0.3, 0.4) is 0 Å². The lowest BCUT2D eigenvalue weighted by Crippen LogP contribution is -2.25. The Balaban J connectivity index is 3.41. The summed E-state index contributed by atoms with van der Waals surface area (Å²) in [6, 6.07) is 0. The van der Waals surface area contributed by atoms with Crippen molar-refractivity contribution in [2.24, 2.45) is 0 Å². The second-order valence-electron chi connectivity index (χ2n) is 2.92. The lowest BCUT2D eigenvalue weighted by molar-refractivity contribution is 0.577. The van der Waals surface area contributed by atoms with E-state index in [0.29, 0.717) is 12.4 Å². The standard InChI is InChI=1S/C8H18ClNO2S/c1-2-10-13(11,12)8-6-4-3-5-7-9/h10H,2-8H2,1H3. The highest BCUT2D eigenvalue weighted by Gasteiger charge is 2.06. The Morgan fingerprint density at radius 1 is 1.15 bits per heavy atom. The first-order chi connectivity index (χ1) is 6.12. The molecule has 0 aromatic carbocycles. The monoisotopic (exact) mass is 227 g/mol. The van der Waals surface area contributed by atoms with Crippen LogP contribution in [0.4, 0.5) is 0 Å². The Kier molecular flexibility index (Phi) is 7.71. The number of halogens is 1. The van der Waals surface area contributed by atoms with Gasteiger partial charge in [0, 0.05) is 12.4 Å². The summed E-state index contributed by atoms with van der Waals surface area (Å²) in [4.78, 5) is 0. The van der Waals surface area contributed by atoms with Crippen LogP contribution in [0.2, 0.25) is 0 Å². The van der Waals surface area contributed by atoms with Gasteiger partial charge in [0.1, 0.15) is 0 Å². The zero-order valence-electron chi connectivity index (χ0n) is 8.05. The van der Waals surface area contributed by atoms with E-state index in [9.17, 15) is 8.42 Å². The fourth-order valence-electron chi connectivity index (χ4n) is 1.03. The van der Waals surface area contributed by atoms with Crippen LogP contribution in [-0.4, -0.2) is 26.6 Å². The van der Waals surface area contributed by atoms with Gasteiger partial charge in [0.15, 0.2) is 0 Å². The first-order valence-corrected chi connectivity index (χ1v) is 6.84. The smallest absolute Gasteiger partial charge is 0.211 e. The highest BCUT2D eigenvalue weighted by atomic mass is 35.5. The van der Waals surface area contributed by atoms with Crippen LogP contribution in [-0.2, 0) is 10.0 Å². The summed E-state index contributed by atoms with van der Waals surface area (Å²) >= 11 is 5.49. The molecule has 0 amide bonds. The molecule has 0 saturated heterocycles. The Hall–Kier alpha value is 0.200. The average Bonchev–Trinajstić information content (AvgIpc) is 2.04. The van der Waals surface area contributed by atoms with Gasteiger partial charge in [-0.25, -0.2) is 13.1 Å². The fraction of sp³-hybridized carbons (Fsp3) is 1.00. The third-order valence-electron chi connectivity index (χ3n) is 1.66. The van der Waals surface area contributed by atoms with E-state index >= 15 is 0 Å². The van der Waals surface area contributed by atoms with Crippen molar-refractivity contribution in [1.29, 1.82) is 0 Å². The summed E-state index contributed by atoms with van der Waals surface area (Å²) in [6.07, 6.45) is 3.66. The van der Waals surface area contributed by atoms with Gasteiger partial charge >= 0.3 is 0 Å². The predicted octanol–water partition coefficient (Wildman–Crippen LogP) is 1.72. The summed E-state index contributed by atoms with van der Waals surface area (Å²) < 4.78 is 24.7. The van der Waals surface area contributed by atoms with Gasteiger partial charge in [0.05, 0.1) is 5.75 Å². The van der Waals surface area contributed by atoms with Crippen LogP contribution in [0.25, 0.3) is 0 Å². The van der Waals surface area contributed by atoms with E-state index in [1.54, 1.807) is 6.92 Å². The number of rotatable bonds is 8. The van der Waals surface area contributed by atoms with E-state index < -0.39 is 10.0 Å². The molecule has 5 heteroatoms. The maximum Gasteiger partial charge on any atom is 0.211 e. The summed E-state index contributed by atoms with van der Waals surface area (Å²) in [5.41, 5.74) is 0. The fourth-order valence-corrected chi connectivity index (χ4v) is 2.39. The van der Waals surface area contributed by atoms with E-state index in [1.807, 2.05) is 0 Å². The largest absolute Gasteiger partial charge is 0.216 e. The van der Waals surface area contributed by atoms with Crippen molar-refractivity contribution in [2.75, 3.05) is 18.2 Å². The van der Waals surface area contributed by atoms with Gasteiger partial charge in [-0.2, -0.15) is 0 Å². The molecule has 0 atom stereocenters. The predicted molar refractivity (Wildman–Crippen MR) is 56.7 cm³/mol. The molecule has 0 aromatic rings. The Morgan fingerprint density at radius 3 is 2.31 bits per heavy atom. The first-order valence-electron chi connectivity index (χ1n) is 4.65. The highest BCUT2D eigenvalue weighted by Crippen LogP contribution is 2.02. The first kappa shape index (κ1) is 13.2. The number of hydrogen-bond acceptors (Lipinski definition) is 2. The molecule has 0 heterocycles. The molecule has 0 aliphatic rings. The molecule has 0 fully saturated rings. The van der Waals surface area contributed by atoms with Crippen LogP contribution in [0.15, 0.2) is 0 Å². The summed E-state index contributed by atoms with van der Waals surface area (Å²) in [7, 11) is -3.00. The second-order valence-corrected chi connectivity index (χ2v) is 5.22. The van der Waals surface area contributed by atoms with Crippen LogP contribution in [0, 0.1) is 0 Å². The van der Waals surface area contributed by atoms with Crippen molar-refractivity contribution in [1.82, 2.24) is 4.72 Å². The Labute approximate surface area is 85.9 Å². The zero-order valence-corrected chi connectivity index (χ0v) is 9.62.